The monoisotopic (exact) mass is 456 g/mol. The van der Waals surface area contributed by atoms with Gasteiger partial charge in [0.25, 0.3) is 5.91 Å². The van der Waals surface area contributed by atoms with E-state index in [1.54, 1.807) is 19.1 Å². The summed E-state index contributed by atoms with van der Waals surface area (Å²) < 4.78 is 70.7. The second-order valence-electron chi connectivity index (χ2n) is 7.35. The highest BCUT2D eigenvalue weighted by Crippen LogP contribution is 2.29. The lowest BCUT2D eigenvalue weighted by molar-refractivity contribution is -0.137. The number of nitrogens with zero attached hydrogens (tertiary/aromatic N) is 2. The van der Waals surface area contributed by atoms with Gasteiger partial charge in [-0.3, -0.25) is 4.79 Å². The molecule has 1 heterocycles. The van der Waals surface area contributed by atoms with Crippen molar-refractivity contribution in [2.75, 3.05) is 33.4 Å². The standard InChI is InChI=1S/C21H23F3N2O4S/c1-15-3-6-17(13-19(15)31(28,29)26-9-11-30-12-10-26)20(27)25(2)14-16-4-7-18(8-5-16)21(22,23)24/h3-8,13H,9-12,14H2,1-2H3. The van der Waals surface area contributed by atoms with Gasteiger partial charge >= 0.3 is 6.18 Å². The predicted octanol–water partition coefficient (Wildman–Crippen LogP) is 3.31. The molecule has 1 aliphatic heterocycles. The van der Waals surface area contributed by atoms with E-state index in [0.717, 1.165) is 12.1 Å². The van der Waals surface area contributed by atoms with Crippen molar-refractivity contribution in [3.05, 3.63) is 64.7 Å². The molecule has 1 aliphatic rings. The highest BCUT2D eigenvalue weighted by Gasteiger charge is 2.30. The molecule has 168 valence electrons. The number of aryl methyl sites for hydroxylation is 1. The Morgan fingerprint density at radius 3 is 2.29 bits per heavy atom. The number of ether oxygens (including phenoxy) is 1. The number of halogens is 3. The van der Waals surface area contributed by atoms with Crippen LogP contribution in [0.1, 0.15) is 27.0 Å². The van der Waals surface area contributed by atoms with Crippen LogP contribution in [0.3, 0.4) is 0 Å². The summed E-state index contributed by atoms with van der Waals surface area (Å²) in [7, 11) is -2.27. The Balaban J connectivity index is 1.79. The van der Waals surface area contributed by atoms with E-state index < -0.39 is 27.7 Å². The molecule has 2 aromatic rings. The zero-order chi connectivity index (χ0) is 22.8. The molecule has 0 saturated carbocycles. The summed E-state index contributed by atoms with van der Waals surface area (Å²) in [5.41, 5.74) is 0.471. The minimum Gasteiger partial charge on any atom is -0.379 e. The maximum atomic E-state index is 13.0. The number of alkyl halides is 3. The quantitative estimate of drug-likeness (QED) is 0.693. The van der Waals surface area contributed by atoms with Crippen LogP contribution in [0.15, 0.2) is 47.4 Å². The van der Waals surface area contributed by atoms with Crippen molar-refractivity contribution < 1.29 is 31.1 Å². The summed E-state index contributed by atoms with van der Waals surface area (Å²) in [6.45, 7) is 2.85. The second-order valence-corrected chi connectivity index (χ2v) is 9.26. The minimum atomic E-state index is -4.43. The summed E-state index contributed by atoms with van der Waals surface area (Å²) in [6, 6.07) is 9.03. The van der Waals surface area contributed by atoms with Crippen molar-refractivity contribution in [1.29, 1.82) is 0 Å². The third-order valence-electron chi connectivity index (χ3n) is 5.07. The van der Waals surface area contributed by atoms with Gasteiger partial charge in [-0.15, -0.1) is 0 Å². The molecule has 1 amide bonds. The van der Waals surface area contributed by atoms with Crippen LogP contribution in [0.2, 0.25) is 0 Å². The van der Waals surface area contributed by atoms with Gasteiger partial charge in [-0.2, -0.15) is 17.5 Å². The van der Waals surface area contributed by atoms with Crippen LogP contribution in [0.25, 0.3) is 0 Å². The van der Waals surface area contributed by atoms with Crippen LogP contribution < -0.4 is 0 Å². The zero-order valence-corrected chi connectivity index (χ0v) is 18.0. The molecule has 0 spiro atoms. The highest BCUT2D eigenvalue weighted by molar-refractivity contribution is 7.89. The van der Waals surface area contributed by atoms with Gasteiger partial charge in [-0.05, 0) is 42.3 Å². The predicted molar refractivity (Wildman–Crippen MR) is 108 cm³/mol. The van der Waals surface area contributed by atoms with E-state index in [0.29, 0.717) is 24.3 Å². The normalized spacial score (nSPS) is 15.6. The smallest absolute Gasteiger partial charge is 0.379 e. The Hall–Kier alpha value is -2.43. The Bertz CT molecular complexity index is 1050. The molecule has 3 rings (SSSR count). The van der Waals surface area contributed by atoms with Crippen molar-refractivity contribution in [3.63, 3.8) is 0 Å². The van der Waals surface area contributed by atoms with Crippen molar-refractivity contribution >= 4 is 15.9 Å². The molecule has 31 heavy (non-hydrogen) atoms. The maximum Gasteiger partial charge on any atom is 0.416 e. The molecule has 0 atom stereocenters. The molecule has 0 bridgehead atoms. The van der Waals surface area contributed by atoms with E-state index in [-0.39, 0.29) is 30.1 Å². The molecule has 0 radical (unpaired) electrons. The van der Waals surface area contributed by atoms with Gasteiger partial charge in [-0.1, -0.05) is 18.2 Å². The number of hydrogen-bond acceptors (Lipinski definition) is 4. The average Bonchev–Trinajstić information content (AvgIpc) is 2.73. The third-order valence-corrected chi connectivity index (χ3v) is 7.11. The molecule has 10 heteroatoms. The molecular weight excluding hydrogens is 433 g/mol. The van der Waals surface area contributed by atoms with Crippen molar-refractivity contribution in [2.24, 2.45) is 0 Å². The van der Waals surface area contributed by atoms with Crippen LogP contribution in [-0.2, 0) is 27.5 Å². The van der Waals surface area contributed by atoms with Crippen LogP contribution >= 0.6 is 0 Å². The molecule has 2 aromatic carbocycles. The summed E-state index contributed by atoms with van der Waals surface area (Å²) in [6.07, 6.45) is -4.43. The van der Waals surface area contributed by atoms with Crippen molar-refractivity contribution in [2.45, 2.75) is 24.5 Å². The minimum absolute atomic E-state index is 0.0585. The first-order valence-corrected chi connectivity index (χ1v) is 11.0. The van der Waals surface area contributed by atoms with Gasteiger partial charge < -0.3 is 9.64 Å². The average molecular weight is 456 g/mol. The number of sulfonamides is 1. The number of morpholine rings is 1. The molecule has 0 aromatic heterocycles. The number of carbonyl (C=O) groups excluding carboxylic acids is 1. The van der Waals surface area contributed by atoms with E-state index in [2.05, 4.69) is 0 Å². The Morgan fingerprint density at radius 2 is 1.71 bits per heavy atom. The molecular formula is C21H23F3N2O4S. The van der Waals surface area contributed by atoms with E-state index >= 15 is 0 Å². The number of rotatable bonds is 5. The van der Waals surface area contributed by atoms with Crippen LogP contribution in [0.5, 0.6) is 0 Å². The van der Waals surface area contributed by atoms with Gasteiger partial charge in [0, 0.05) is 32.2 Å². The fourth-order valence-electron chi connectivity index (χ4n) is 3.30. The Kier molecular flexibility index (Phi) is 6.73. The van der Waals surface area contributed by atoms with Gasteiger partial charge in [0.05, 0.1) is 23.7 Å². The fraction of sp³-hybridized carbons (Fsp3) is 0.381. The molecule has 0 aliphatic carbocycles. The van der Waals surface area contributed by atoms with Gasteiger partial charge in [0.15, 0.2) is 0 Å². The number of hydrogen-bond donors (Lipinski definition) is 0. The number of carbonyl (C=O) groups is 1. The Labute approximate surface area is 179 Å². The van der Waals surface area contributed by atoms with Crippen LogP contribution in [-0.4, -0.2) is 56.9 Å². The molecule has 1 saturated heterocycles. The van der Waals surface area contributed by atoms with Gasteiger partial charge in [-0.25, -0.2) is 8.42 Å². The SMILES string of the molecule is Cc1ccc(C(=O)N(C)Cc2ccc(C(F)(F)F)cc2)cc1S(=O)(=O)N1CCOCC1. The lowest BCUT2D eigenvalue weighted by atomic mass is 10.1. The number of benzene rings is 2. The first kappa shape index (κ1) is 23.2. The molecule has 0 unspecified atom stereocenters. The topological polar surface area (TPSA) is 66.9 Å². The molecule has 1 fully saturated rings. The largest absolute Gasteiger partial charge is 0.416 e. The zero-order valence-electron chi connectivity index (χ0n) is 17.1. The summed E-state index contributed by atoms with van der Waals surface area (Å²) >= 11 is 0. The van der Waals surface area contributed by atoms with Crippen LogP contribution in [0, 0.1) is 6.92 Å². The first-order chi connectivity index (χ1) is 14.5. The van der Waals surface area contributed by atoms with Crippen molar-refractivity contribution in [3.8, 4) is 0 Å². The maximum absolute atomic E-state index is 13.0. The molecule has 6 nitrogen and oxygen atoms in total. The number of amides is 1. The molecule has 0 N–H and O–H groups in total. The summed E-state index contributed by atoms with van der Waals surface area (Å²) in [5, 5.41) is 0. The highest BCUT2D eigenvalue weighted by atomic mass is 32.2. The second kappa shape index (κ2) is 8.97. The van der Waals surface area contributed by atoms with E-state index in [4.69, 9.17) is 4.74 Å². The summed E-state index contributed by atoms with van der Waals surface area (Å²) in [5.74, 6) is -0.432. The van der Waals surface area contributed by atoms with Crippen LogP contribution in [0.4, 0.5) is 13.2 Å². The lowest BCUT2D eigenvalue weighted by Gasteiger charge is -2.27. The van der Waals surface area contributed by atoms with E-state index in [9.17, 15) is 26.4 Å². The van der Waals surface area contributed by atoms with Crippen molar-refractivity contribution in [1.82, 2.24) is 9.21 Å². The lowest BCUT2D eigenvalue weighted by Crippen LogP contribution is -2.41. The first-order valence-electron chi connectivity index (χ1n) is 9.60. The Morgan fingerprint density at radius 1 is 1.10 bits per heavy atom. The van der Waals surface area contributed by atoms with Gasteiger partial charge in [0.1, 0.15) is 0 Å². The van der Waals surface area contributed by atoms with Gasteiger partial charge in [0.2, 0.25) is 10.0 Å². The van der Waals surface area contributed by atoms with E-state index in [1.807, 2.05) is 0 Å². The van der Waals surface area contributed by atoms with E-state index in [1.165, 1.54) is 34.5 Å². The third kappa shape index (κ3) is 5.25. The fourth-order valence-corrected chi connectivity index (χ4v) is 4.96. The summed E-state index contributed by atoms with van der Waals surface area (Å²) in [4.78, 5) is 14.2.